The van der Waals surface area contributed by atoms with E-state index in [-0.39, 0.29) is 0 Å². The normalized spacial score (nSPS) is 11.0. The fourth-order valence-corrected chi connectivity index (χ4v) is 1.24. The highest BCUT2D eigenvalue weighted by molar-refractivity contribution is 6.18. The van der Waals surface area contributed by atoms with Crippen molar-refractivity contribution in [2.45, 2.75) is 13.5 Å². The van der Waals surface area contributed by atoms with Gasteiger partial charge in [-0.3, -0.25) is 4.98 Å². The van der Waals surface area contributed by atoms with Crippen molar-refractivity contribution < 1.29 is 0 Å². The Morgan fingerprint density at radius 1 is 1.50 bits per heavy atom. The van der Waals surface area contributed by atoms with Crippen molar-refractivity contribution in [1.82, 2.24) is 10.3 Å². The van der Waals surface area contributed by atoms with Crippen molar-refractivity contribution in [1.29, 1.82) is 0 Å². The van der Waals surface area contributed by atoms with Gasteiger partial charge in [-0.15, -0.1) is 11.6 Å². The molecule has 0 saturated heterocycles. The van der Waals surface area contributed by atoms with Crippen molar-refractivity contribution in [3.8, 4) is 0 Å². The molecule has 0 radical (unpaired) electrons. The van der Waals surface area contributed by atoms with Crippen molar-refractivity contribution in [2.24, 2.45) is 0 Å². The molecule has 0 fully saturated rings. The van der Waals surface area contributed by atoms with Crippen LogP contribution in [0.15, 0.2) is 30.6 Å². The number of allylic oxidation sites excluding steroid dienone is 1. The van der Waals surface area contributed by atoms with Crippen LogP contribution in [0, 0.1) is 6.92 Å². The van der Waals surface area contributed by atoms with E-state index in [1.807, 2.05) is 30.6 Å². The molecule has 1 heterocycles. The maximum absolute atomic E-state index is 5.50. The molecule has 0 saturated carbocycles. The summed E-state index contributed by atoms with van der Waals surface area (Å²) in [5, 5.41) is 3.29. The molecule has 1 aromatic rings. The van der Waals surface area contributed by atoms with Crippen molar-refractivity contribution >= 4 is 11.6 Å². The van der Waals surface area contributed by atoms with E-state index in [1.54, 1.807) is 0 Å². The lowest BCUT2D eigenvalue weighted by Crippen LogP contribution is -2.13. The molecule has 0 amide bonds. The number of hydrogen-bond acceptors (Lipinski definition) is 2. The summed E-state index contributed by atoms with van der Waals surface area (Å²) in [6.45, 7) is 3.79. The molecule has 0 bridgehead atoms. The van der Waals surface area contributed by atoms with Crippen LogP contribution in [0.25, 0.3) is 0 Å². The summed E-state index contributed by atoms with van der Waals surface area (Å²) in [6, 6.07) is 2.02. The number of aryl methyl sites for hydroxylation is 1. The Morgan fingerprint density at radius 3 is 3.07 bits per heavy atom. The molecule has 14 heavy (non-hydrogen) atoms. The van der Waals surface area contributed by atoms with Gasteiger partial charge in [0, 0.05) is 31.4 Å². The van der Waals surface area contributed by atoms with Crippen LogP contribution in [0.2, 0.25) is 0 Å². The molecule has 0 aliphatic heterocycles. The predicted molar refractivity (Wildman–Crippen MR) is 60.5 cm³/mol. The maximum Gasteiger partial charge on any atom is 0.0404 e. The largest absolute Gasteiger partial charge is 0.309 e. The Morgan fingerprint density at radius 2 is 2.36 bits per heavy atom. The summed E-state index contributed by atoms with van der Waals surface area (Å²) < 4.78 is 0. The van der Waals surface area contributed by atoms with E-state index in [1.165, 1.54) is 11.1 Å². The SMILES string of the molecule is Cc1ccncc1CNC/C=C/CCl. The predicted octanol–water partition coefficient (Wildman–Crippen LogP) is 2.27. The number of aromatic nitrogens is 1. The Bertz CT molecular complexity index is 297. The lowest BCUT2D eigenvalue weighted by molar-refractivity contribution is 0.752. The fraction of sp³-hybridized carbons (Fsp3) is 0.364. The van der Waals surface area contributed by atoms with Crippen LogP contribution in [0.3, 0.4) is 0 Å². The van der Waals surface area contributed by atoms with E-state index in [0.29, 0.717) is 5.88 Å². The third kappa shape index (κ3) is 3.90. The van der Waals surface area contributed by atoms with Gasteiger partial charge in [-0.05, 0) is 24.1 Å². The number of pyridine rings is 1. The lowest BCUT2D eigenvalue weighted by Gasteiger charge is -2.04. The van der Waals surface area contributed by atoms with Crippen molar-refractivity contribution in [3.05, 3.63) is 41.7 Å². The van der Waals surface area contributed by atoms with Crippen LogP contribution in [-0.4, -0.2) is 17.4 Å². The first kappa shape index (κ1) is 11.2. The van der Waals surface area contributed by atoms with Crippen LogP contribution >= 0.6 is 11.6 Å². The Balaban J connectivity index is 2.31. The van der Waals surface area contributed by atoms with Crippen molar-refractivity contribution in [3.63, 3.8) is 0 Å². The lowest BCUT2D eigenvalue weighted by atomic mass is 10.1. The zero-order valence-electron chi connectivity index (χ0n) is 8.33. The number of nitrogens with zero attached hydrogens (tertiary/aromatic N) is 1. The molecule has 1 rings (SSSR count). The third-order valence-electron chi connectivity index (χ3n) is 1.98. The van der Waals surface area contributed by atoms with Gasteiger partial charge in [0.05, 0.1) is 0 Å². The second-order valence-electron chi connectivity index (χ2n) is 3.06. The first-order valence-electron chi connectivity index (χ1n) is 4.65. The first-order valence-corrected chi connectivity index (χ1v) is 5.19. The number of alkyl halides is 1. The topological polar surface area (TPSA) is 24.9 Å². The molecular weight excluding hydrogens is 196 g/mol. The summed E-state index contributed by atoms with van der Waals surface area (Å²) in [5.41, 5.74) is 2.51. The average molecular weight is 211 g/mol. The highest BCUT2D eigenvalue weighted by atomic mass is 35.5. The monoisotopic (exact) mass is 210 g/mol. The number of nitrogens with one attached hydrogen (secondary N) is 1. The molecule has 0 aliphatic rings. The minimum absolute atomic E-state index is 0.577. The quantitative estimate of drug-likeness (QED) is 0.458. The molecule has 0 spiro atoms. The second kappa shape index (κ2) is 6.57. The van der Waals surface area contributed by atoms with Gasteiger partial charge in [0.15, 0.2) is 0 Å². The highest BCUT2D eigenvalue weighted by Crippen LogP contribution is 2.03. The Labute approximate surface area is 90.0 Å². The summed E-state index contributed by atoms with van der Waals surface area (Å²) in [4.78, 5) is 4.08. The van der Waals surface area contributed by atoms with E-state index in [0.717, 1.165) is 13.1 Å². The first-order chi connectivity index (χ1) is 6.84. The number of rotatable bonds is 5. The zero-order chi connectivity index (χ0) is 10.2. The van der Waals surface area contributed by atoms with Crippen LogP contribution in [0.4, 0.5) is 0 Å². The van der Waals surface area contributed by atoms with Gasteiger partial charge in [0.25, 0.3) is 0 Å². The third-order valence-corrected chi connectivity index (χ3v) is 2.16. The smallest absolute Gasteiger partial charge is 0.0404 e. The molecule has 76 valence electrons. The molecule has 0 unspecified atom stereocenters. The van der Waals surface area contributed by atoms with Gasteiger partial charge in [-0.25, -0.2) is 0 Å². The van der Waals surface area contributed by atoms with Gasteiger partial charge in [-0.1, -0.05) is 12.2 Å². The number of halogens is 1. The molecule has 3 heteroatoms. The van der Waals surface area contributed by atoms with Gasteiger partial charge >= 0.3 is 0 Å². The van der Waals surface area contributed by atoms with E-state index < -0.39 is 0 Å². The Hall–Kier alpha value is -0.860. The zero-order valence-corrected chi connectivity index (χ0v) is 9.09. The van der Waals surface area contributed by atoms with Gasteiger partial charge in [0.1, 0.15) is 0 Å². The standard InChI is InChI=1S/C11H15ClN2/c1-10-4-7-14-9-11(10)8-13-6-3-2-5-12/h2-4,7,9,13H,5-6,8H2,1H3/b3-2+. The van der Waals surface area contributed by atoms with Crippen LogP contribution in [-0.2, 0) is 6.54 Å². The van der Waals surface area contributed by atoms with Gasteiger partial charge in [-0.2, -0.15) is 0 Å². The van der Waals surface area contributed by atoms with Crippen LogP contribution < -0.4 is 5.32 Å². The van der Waals surface area contributed by atoms with Gasteiger partial charge in [0.2, 0.25) is 0 Å². The van der Waals surface area contributed by atoms with E-state index in [4.69, 9.17) is 11.6 Å². The minimum atomic E-state index is 0.577. The maximum atomic E-state index is 5.50. The van der Waals surface area contributed by atoms with Crippen molar-refractivity contribution in [2.75, 3.05) is 12.4 Å². The average Bonchev–Trinajstić information content (AvgIpc) is 2.20. The van der Waals surface area contributed by atoms with E-state index in [9.17, 15) is 0 Å². The second-order valence-corrected chi connectivity index (χ2v) is 3.37. The van der Waals surface area contributed by atoms with E-state index >= 15 is 0 Å². The highest BCUT2D eigenvalue weighted by Gasteiger charge is 1.94. The Kier molecular flexibility index (Phi) is 5.27. The number of hydrogen-bond donors (Lipinski definition) is 1. The minimum Gasteiger partial charge on any atom is -0.309 e. The summed E-state index contributed by atoms with van der Waals surface area (Å²) in [6.07, 6.45) is 7.67. The van der Waals surface area contributed by atoms with Crippen LogP contribution in [0.5, 0.6) is 0 Å². The molecule has 2 nitrogen and oxygen atoms in total. The van der Waals surface area contributed by atoms with Crippen LogP contribution in [0.1, 0.15) is 11.1 Å². The summed E-state index contributed by atoms with van der Waals surface area (Å²) >= 11 is 5.50. The molecule has 0 atom stereocenters. The fourth-order valence-electron chi connectivity index (χ4n) is 1.12. The molecule has 0 aromatic carbocycles. The molecular formula is C11H15ClN2. The molecule has 1 N–H and O–H groups in total. The molecule has 0 aliphatic carbocycles. The summed E-state index contributed by atoms with van der Waals surface area (Å²) in [5.74, 6) is 0.577. The summed E-state index contributed by atoms with van der Waals surface area (Å²) in [7, 11) is 0. The van der Waals surface area contributed by atoms with Gasteiger partial charge < -0.3 is 5.32 Å². The van der Waals surface area contributed by atoms with E-state index in [2.05, 4.69) is 17.2 Å². The molecule has 1 aromatic heterocycles.